The lowest BCUT2D eigenvalue weighted by Crippen LogP contribution is -2.27. The quantitative estimate of drug-likeness (QED) is 0.582. The van der Waals surface area contributed by atoms with E-state index in [9.17, 15) is 4.79 Å². The lowest BCUT2D eigenvalue weighted by Gasteiger charge is -2.31. The molecular weight excluding hydrogens is 184 g/mol. The smallest absolute Gasteiger partial charge is 0.163 e. The number of carbonyl (C=O) groups excluding carboxylic acids is 1. The average molecular weight is 196 g/mol. The van der Waals surface area contributed by atoms with E-state index in [1.165, 1.54) is 5.57 Å². The third-order valence-corrected chi connectivity index (χ3v) is 3.27. The molecule has 2 unspecified atom stereocenters. The molecular formula is C14H12O. The topological polar surface area (TPSA) is 17.1 Å². The van der Waals surface area contributed by atoms with Crippen molar-refractivity contribution in [1.29, 1.82) is 0 Å². The normalized spacial score (nSPS) is 31.9. The molecule has 0 amide bonds. The third kappa shape index (κ3) is 1.27. The van der Waals surface area contributed by atoms with Gasteiger partial charge in [0.05, 0.1) is 0 Å². The van der Waals surface area contributed by atoms with Gasteiger partial charge in [0, 0.05) is 11.8 Å². The molecule has 3 rings (SSSR count). The predicted octanol–water partition coefficient (Wildman–Crippen LogP) is 2.74. The van der Waals surface area contributed by atoms with Gasteiger partial charge in [-0.05, 0) is 23.6 Å². The molecule has 0 radical (unpaired) electrons. The van der Waals surface area contributed by atoms with Crippen LogP contribution in [0.1, 0.15) is 6.42 Å². The number of rotatable bonds is 0. The van der Waals surface area contributed by atoms with E-state index in [2.05, 4.69) is 30.4 Å². The number of ketones is 1. The third-order valence-electron chi connectivity index (χ3n) is 3.27. The summed E-state index contributed by atoms with van der Waals surface area (Å²) >= 11 is 0. The van der Waals surface area contributed by atoms with Gasteiger partial charge in [0.1, 0.15) is 0 Å². The van der Waals surface area contributed by atoms with E-state index < -0.39 is 0 Å². The SMILES string of the molecule is O=C1C=C2C=CC=CC2C2=CC=CCC12. The van der Waals surface area contributed by atoms with Gasteiger partial charge in [-0.1, -0.05) is 42.5 Å². The van der Waals surface area contributed by atoms with Gasteiger partial charge in [-0.25, -0.2) is 0 Å². The second-order valence-corrected chi connectivity index (χ2v) is 4.15. The molecule has 0 saturated carbocycles. The first kappa shape index (κ1) is 8.66. The van der Waals surface area contributed by atoms with Crippen molar-refractivity contribution in [3.8, 4) is 0 Å². The van der Waals surface area contributed by atoms with Crippen molar-refractivity contribution in [2.75, 3.05) is 0 Å². The summed E-state index contributed by atoms with van der Waals surface area (Å²) < 4.78 is 0. The van der Waals surface area contributed by atoms with Gasteiger partial charge in [0.25, 0.3) is 0 Å². The molecule has 0 aliphatic heterocycles. The Morgan fingerprint density at radius 1 is 1.20 bits per heavy atom. The number of hydrogen-bond donors (Lipinski definition) is 0. The van der Waals surface area contributed by atoms with Crippen LogP contribution in [0.2, 0.25) is 0 Å². The van der Waals surface area contributed by atoms with Crippen LogP contribution >= 0.6 is 0 Å². The van der Waals surface area contributed by atoms with Gasteiger partial charge in [-0.2, -0.15) is 0 Å². The van der Waals surface area contributed by atoms with Crippen LogP contribution in [0, 0.1) is 11.8 Å². The minimum atomic E-state index is 0.0971. The molecule has 0 aromatic carbocycles. The Hall–Kier alpha value is -1.63. The van der Waals surface area contributed by atoms with E-state index in [0.717, 1.165) is 12.0 Å². The molecule has 0 saturated heterocycles. The van der Waals surface area contributed by atoms with Gasteiger partial charge in [-0.3, -0.25) is 4.79 Å². The zero-order chi connectivity index (χ0) is 10.3. The second-order valence-electron chi connectivity index (χ2n) is 4.15. The maximum Gasteiger partial charge on any atom is 0.163 e. The fourth-order valence-electron chi connectivity index (χ4n) is 2.51. The van der Waals surface area contributed by atoms with E-state index in [1.807, 2.05) is 18.2 Å². The van der Waals surface area contributed by atoms with Crippen LogP contribution in [-0.2, 0) is 4.79 Å². The van der Waals surface area contributed by atoms with E-state index in [0.29, 0.717) is 5.92 Å². The molecule has 1 heteroatoms. The molecule has 2 atom stereocenters. The molecule has 0 heterocycles. The molecule has 0 fully saturated rings. The van der Waals surface area contributed by atoms with Crippen LogP contribution in [0.3, 0.4) is 0 Å². The number of carbonyl (C=O) groups is 1. The van der Waals surface area contributed by atoms with Gasteiger partial charge >= 0.3 is 0 Å². The van der Waals surface area contributed by atoms with Crippen LogP contribution in [0.15, 0.2) is 59.8 Å². The molecule has 0 spiro atoms. The zero-order valence-corrected chi connectivity index (χ0v) is 8.39. The van der Waals surface area contributed by atoms with Crippen LogP contribution < -0.4 is 0 Å². The first-order chi connectivity index (χ1) is 7.36. The molecule has 74 valence electrons. The van der Waals surface area contributed by atoms with E-state index in [-0.39, 0.29) is 11.7 Å². The Kier molecular flexibility index (Phi) is 1.84. The van der Waals surface area contributed by atoms with Crippen molar-refractivity contribution in [3.05, 3.63) is 59.8 Å². The van der Waals surface area contributed by atoms with Crippen LogP contribution in [0.5, 0.6) is 0 Å². The fraction of sp³-hybridized carbons (Fsp3) is 0.214. The summed E-state index contributed by atoms with van der Waals surface area (Å²) in [5, 5.41) is 0. The Morgan fingerprint density at radius 2 is 2.13 bits per heavy atom. The van der Waals surface area contributed by atoms with Crippen molar-refractivity contribution in [2.45, 2.75) is 6.42 Å². The zero-order valence-electron chi connectivity index (χ0n) is 8.39. The number of allylic oxidation sites excluding steroid dienone is 10. The van der Waals surface area contributed by atoms with Crippen molar-refractivity contribution in [1.82, 2.24) is 0 Å². The Bertz CT molecular complexity index is 458. The summed E-state index contributed by atoms with van der Waals surface area (Å²) in [6.45, 7) is 0. The summed E-state index contributed by atoms with van der Waals surface area (Å²) in [4.78, 5) is 11.9. The summed E-state index contributed by atoms with van der Waals surface area (Å²) in [6, 6.07) is 0. The summed E-state index contributed by atoms with van der Waals surface area (Å²) in [7, 11) is 0. The molecule has 0 aromatic heterocycles. The van der Waals surface area contributed by atoms with Gasteiger partial charge in [0.2, 0.25) is 0 Å². The second kappa shape index (κ2) is 3.20. The van der Waals surface area contributed by atoms with Crippen molar-refractivity contribution in [2.24, 2.45) is 11.8 Å². The molecule has 0 N–H and O–H groups in total. The first-order valence-electron chi connectivity index (χ1n) is 5.33. The number of hydrogen-bond acceptors (Lipinski definition) is 1. The minimum absolute atomic E-state index is 0.0971. The van der Waals surface area contributed by atoms with Gasteiger partial charge in [-0.15, -0.1) is 0 Å². The minimum Gasteiger partial charge on any atom is -0.294 e. The molecule has 3 aliphatic carbocycles. The van der Waals surface area contributed by atoms with E-state index in [4.69, 9.17) is 0 Å². The molecule has 3 aliphatic rings. The highest BCUT2D eigenvalue weighted by atomic mass is 16.1. The Balaban J connectivity index is 2.12. The van der Waals surface area contributed by atoms with E-state index >= 15 is 0 Å². The predicted molar refractivity (Wildman–Crippen MR) is 60.2 cm³/mol. The maximum absolute atomic E-state index is 11.9. The monoisotopic (exact) mass is 196 g/mol. The van der Waals surface area contributed by atoms with Crippen LogP contribution in [0.25, 0.3) is 0 Å². The Labute approximate surface area is 89.2 Å². The molecule has 15 heavy (non-hydrogen) atoms. The molecule has 1 nitrogen and oxygen atoms in total. The maximum atomic E-state index is 11.9. The highest BCUT2D eigenvalue weighted by Gasteiger charge is 2.32. The van der Waals surface area contributed by atoms with Crippen molar-refractivity contribution >= 4 is 5.78 Å². The lowest BCUT2D eigenvalue weighted by molar-refractivity contribution is -0.117. The lowest BCUT2D eigenvalue weighted by atomic mass is 9.71. The largest absolute Gasteiger partial charge is 0.294 e. The summed E-state index contributed by atoms with van der Waals surface area (Å²) in [5.41, 5.74) is 2.40. The van der Waals surface area contributed by atoms with Crippen LogP contribution in [0.4, 0.5) is 0 Å². The fourth-order valence-corrected chi connectivity index (χ4v) is 2.51. The summed E-state index contributed by atoms with van der Waals surface area (Å²) in [5.74, 6) is 0.694. The van der Waals surface area contributed by atoms with Crippen molar-refractivity contribution < 1.29 is 4.79 Å². The summed E-state index contributed by atoms with van der Waals surface area (Å²) in [6.07, 6.45) is 17.2. The highest BCUT2D eigenvalue weighted by molar-refractivity contribution is 5.97. The van der Waals surface area contributed by atoms with Gasteiger partial charge in [0.15, 0.2) is 5.78 Å². The van der Waals surface area contributed by atoms with E-state index in [1.54, 1.807) is 0 Å². The Morgan fingerprint density at radius 3 is 3.07 bits per heavy atom. The molecule has 0 aromatic rings. The number of fused-ring (bicyclic) bond motifs is 3. The van der Waals surface area contributed by atoms with Gasteiger partial charge < -0.3 is 0 Å². The van der Waals surface area contributed by atoms with Crippen LogP contribution in [-0.4, -0.2) is 5.78 Å². The highest BCUT2D eigenvalue weighted by Crippen LogP contribution is 2.39. The standard InChI is InChI=1S/C14H12O/c15-14-9-10-5-1-2-6-11(10)12-7-3-4-8-13(12)14/h1-7,9,11,13H,8H2. The first-order valence-corrected chi connectivity index (χ1v) is 5.33. The molecule has 0 bridgehead atoms. The van der Waals surface area contributed by atoms with Crippen molar-refractivity contribution in [3.63, 3.8) is 0 Å². The average Bonchev–Trinajstić information content (AvgIpc) is 2.30.